The maximum absolute atomic E-state index is 7.74. The summed E-state index contributed by atoms with van der Waals surface area (Å²) in [5.41, 5.74) is 0. The molecule has 0 saturated carbocycles. The molecule has 1 rings (SSSR count). The molecule has 1 aromatic rings. The van der Waals surface area contributed by atoms with Crippen LogP contribution in [0, 0.1) is 6.85 Å². The molecule has 2 nitrogen and oxygen atoms in total. The van der Waals surface area contributed by atoms with Gasteiger partial charge < -0.3 is 4.57 Å². The summed E-state index contributed by atoms with van der Waals surface area (Å²) < 4.78 is 74.0. The predicted octanol–water partition coefficient (Wildman–Crippen LogP) is 2.36. The minimum Gasteiger partial charge on any atom is -0.334 e. The number of nitrogens with zero attached hydrogens (tertiary/aromatic N) is 2. The maximum atomic E-state index is 7.74. The SMILES string of the molecule is [2H]C([2H])([2H])c1nc(Br)cn1C([2H])([2H])C([2H])([2H])C([2H])([2H])[2H]. The summed E-state index contributed by atoms with van der Waals surface area (Å²) in [6.07, 6.45) is -2.40. The molecule has 1 aromatic heterocycles. The molecule has 0 fully saturated rings. The van der Waals surface area contributed by atoms with Crippen LogP contribution in [0.2, 0.25) is 0 Å². The number of hydrogen-bond donors (Lipinski definition) is 0. The average Bonchev–Trinajstić information content (AvgIpc) is 2.58. The zero-order valence-corrected chi connectivity index (χ0v) is 6.44. The van der Waals surface area contributed by atoms with Crippen LogP contribution in [-0.2, 0) is 6.50 Å². The summed E-state index contributed by atoms with van der Waals surface area (Å²) in [7, 11) is 0. The van der Waals surface area contributed by atoms with Crippen LogP contribution in [-0.4, -0.2) is 9.55 Å². The van der Waals surface area contributed by atoms with Gasteiger partial charge in [-0.3, -0.25) is 0 Å². The molecule has 3 heteroatoms. The second-order valence-electron chi connectivity index (χ2n) is 1.49. The molecule has 0 saturated heterocycles. The van der Waals surface area contributed by atoms with Crippen LogP contribution in [0.1, 0.15) is 32.8 Å². The van der Waals surface area contributed by atoms with Gasteiger partial charge in [0, 0.05) is 26.4 Å². The van der Waals surface area contributed by atoms with Gasteiger partial charge >= 0.3 is 0 Å². The third kappa shape index (κ3) is 1.59. The van der Waals surface area contributed by atoms with Crippen LogP contribution in [0.4, 0.5) is 0 Å². The Hall–Kier alpha value is -0.310. The highest BCUT2D eigenvalue weighted by Gasteiger charge is 1.98. The normalized spacial score (nSPS) is 30.5. The van der Waals surface area contributed by atoms with Gasteiger partial charge in [-0.25, -0.2) is 4.98 Å². The van der Waals surface area contributed by atoms with Gasteiger partial charge in [-0.15, -0.1) is 0 Å². The van der Waals surface area contributed by atoms with E-state index in [4.69, 9.17) is 13.7 Å². The Morgan fingerprint density at radius 1 is 2.00 bits per heavy atom. The van der Waals surface area contributed by atoms with Crippen LogP contribution in [0.25, 0.3) is 0 Å². The number of aromatic nitrogens is 2. The summed E-state index contributed by atoms with van der Waals surface area (Å²) in [5, 5.41) is 0. The fourth-order valence-electron chi connectivity index (χ4n) is 0.497. The number of halogens is 1. The van der Waals surface area contributed by atoms with Crippen molar-refractivity contribution in [1.29, 1.82) is 0 Å². The smallest absolute Gasteiger partial charge is 0.124 e. The number of imidazole rings is 1. The Morgan fingerprint density at radius 2 is 2.90 bits per heavy atom. The molecule has 0 atom stereocenters. The second-order valence-corrected chi connectivity index (χ2v) is 2.31. The van der Waals surface area contributed by atoms with E-state index < -0.39 is 32.4 Å². The monoisotopic (exact) mass is 212 g/mol. The Morgan fingerprint density at radius 3 is 3.60 bits per heavy atom. The van der Waals surface area contributed by atoms with Crippen molar-refractivity contribution in [2.45, 2.75) is 26.6 Å². The number of aryl methyl sites for hydroxylation is 2. The molecular formula is C7H11BrN2. The zero-order valence-electron chi connectivity index (χ0n) is 14.8. The summed E-state index contributed by atoms with van der Waals surface area (Å²) in [5.74, 6) is -0.734. The van der Waals surface area contributed by atoms with E-state index in [0.717, 1.165) is 6.20 Å². The lowest BCUT2D eigenvalue weighted by Crippen LogP contribution is -1.96. The number of hydrogen-bond acceptors (Lipinski definition) is 1. The lowest BCUT2D eigenvalue weighted by molar-refractivity contribution is 0.657. The van der Waals surface area contributed by atoms with Crippen LogP contribution in [0.5, 0.6) is 0 Å². The molecule has 0 aliphatic heterocycles. The van der Waals surface area contributed by atoms with Gasteiger partial charge in [0.15, 0.2) is 0 Å². The molecule has 0 aliphatic carbocycles. The van der Waals surface area contributed by atoms with E-state index in [2.05, 4.69) is 20.9 Å². The predicted molar refractivity (Wildman–Crippen MR) is 45.0 cm³/mol. The van der Waals surface area contributed by atoms with Crippen molar-refractivity contribution in [1.82, 2.24) is 9.55 Å². The van der Waals surface area contributed by atoms with Gasteiger partial charge in [0.2, 0.25) is 0 Å². The molecule has 0 aromatic carbocycles. The molecule has 0 unspecified atom stereocenters. The first-order valence-electron chi connectivity index (χ1n) is 7.38. The molecule has 0 aliphatic rings. The van der Waals surface area contributed by atoms with E-state index in [1.165, 1.54) is 0 Å². The molecule has 0 radical (unpaired) electrons. The van der Waals surface area contributed by atoms with E-state index in [-0.39, 0.29) is 4.60 Å². The van der Waals surface area contributed by atoms with Crippen molar-refractivity contribution < 1.29 is 13.7 Å². The lowest BCUT2D eigenvalue weighted by atomic mass is 10.5. The average molecular weight is 213 g/mol. The quantitative estimate of drug-likeness (QED) is 0.737. The highest BCUT2D eigenvalue weighted by atomic mass is 79.9. The summed E-state index contributed by atoms with van der Waals surface area (Å²) >= 11 is 2.87. The molecule has 1 heterocycles. The van der Waals surface area contributed by atoms with Crippen molar-refractivity contribution >= 4 is 15.9 Å². The van der Waals surface area contributed by atoms with Gasteiger partial charge in [0.05, 0.1) is 0 Å². The van der Waals surface area contributed by atoms with E-state index in [0.29, 0.717) is 4.57 Å². The third-order valence-corrected chi connectivity index (χ3v) is 1.23. The van der Waals surface area contributed by atoms with Gasteiger partial charge in [-0.2, -0.15) is 0 Å². The molecule has 10 heavy (non-hydrogen) atoms. The van der Waals surface area contributed by atoms with Gasteiger partial charge in [0.25, 0.3) is 0 Å². The van der Waals surface area contributed by atoms with Gasteiger partial charge in [0.1, 0.15) is 10.4 Å². The minimum absolute atomic E-state index is 0.0335. The van der Waals surface area contributed by atoms with Crippen LogP contribution in [0.15, 0.2) is 10.8 Å². The van der Waals surface area contributed by atoms with Crippen LogP contribution < -0.4 is 0 Å². The third-order valence-electron chi connectivity index (χ3n) is 0.853. The standard InChI is InChI=1S/C7H11BrN2/c1-3-4-10-5-7(8)9-6(10)2/h5H,3-4H2,1-2H3/i1D3,2D3,3D2,4D2. The largest absolute Gasteiger partial charge is 0.334 e. The molecule has 0 bridgehead atoms. The van der Waals surface area contributed by atoms with E-state index in [1.54, 1.807) is 0 Å². The first-order valence-corrected chi connectivity index (χ1v) is 3.17. The molecule has 0 spiro atoms. The summed E-state index contributed by atoms with van der Waals surface area (Å²) in [4.78, 5) is 3.57. The highest BCUT2D eigenvalue weighted by Crippen LogP contribution is 2.08. The minimum atomic E-state index is -3.31. The fourth-order valence-corrected chi connectivity index (χ4v) is 0.870. The van der Waals surface area contributed by atoms with Crippen molar-refractivity contribution in [2.75, 3.05) is 0 Å². The fraction of sp³-hybridized carbons (Fsp3) is 0.571. The zero-order chi connectivity index (χ0) is 16.1. The Bertz CT molecular complexity index is 499. The first-order chi connectivity index (χ1) is 8.62. The summed E-state index contributed by atoms with van der Waals surface area (Å²) in [6, 6.07) is 0. The Balaban J connectivity index is 3.52. The van der Waals surface area contributed by atoms with Crippen molar-refractivity contribution in [3.63, 3.8) is 0 Å². The first kappa shape index (κ1) is 1.89. The van der Waals surface area contributed by atoms with Crippen molar-refractivity contribution in [2.24, 2.45) is 0 Å². The van der Waals surface area contributed by atoms with Crippen molar-refractivity contribution in [3.8, 4) is 0 Å². The van der Waals surface area contributed by atoms with Gasteiger partial charge in [-0.05, 0) is 29.2 Å². The Labute approximate surface area is 83.4 Å². The topological polar surface area (TPSA) is 17.8 Å². The van der Waals surface area contributed by atoms with E-state index in [1.807, 2.05) is 0 Å². The highest BCUT2D eigenvalue weighted by molar-refractivity contribution is 9.10. The van der Waals surface area contributed by atoms with Crippen LogP contribution in [0.3, 0.4) is 0 Å². The summed E-state index contributed by atoms with van der Waals surface area (Å²) in [6.45, 7) is -9.22. The van der Waals surface area contributed by atoms with Gasteiger partial charge in [-0.1, -0.05) is 6.85 Å². The molecule has 56 valence electrons. The second kappa shape index (κ2) is 3.19. The molecular weight excluding hydrogens is 192 g/mol. The lowest BCUT2D eigenvalue weighted by Gasteiger charge is -1.98. The van der Waals surface area contributed by atoms with Crippen LogP contribution >= 0.6 is 15.9 Å². The maximum Gasteiger partial charge on any atom is 0.124 e. The van der Waals surface area contributed by atoms with E-state index >= 15 is 0 Å². The Kier molecular flexibility index (Phi) is 0.602. The number of rotatable bonds is 2. The molecule has 0 amide bonds. The van der Waals surface area contributed by atoms with Crippen molar-refractivity contribution in [3.05, 3.63) is 16.6 Å². The molecule has 0 N–H and O–H groups in total. The van der Waals surface area contributed by atoms with E-state index in [9.17, 15) is 0 Å².